The predicted molar refractivity (Wildman–Crippen MR) is 84.2 cm³/mol. The Balaban J connectivity index is 1.95. The first kappa shape index (κ1) is 17.0. The molecule has 2 amide bonds. The number of carbonyl (C=O) groups excluding carboxylic acids is 2. The molecular formula is C15H17N3O4S. The second-order valence-corrected chi connectivity index (χ2v) is 7.67. The Morgan fingerprint density at radius 2 is 2.09 bits per heavy atom. The quantitative estimate of drug-likeness (QED) is 0.808. The Bertz CT molecular complexity index is 767. The molecule has 0 aliphatic carbocycles. The van der Waals surface area contributed by atoms with Crippen molar-refractivity contribution >= 4 is 27.3 Å². The number of hydrogen-bond donors (Lipinski definition) is 1. The lowest BCUT2D eigenvalue weighted by atomic mass is 10.2. The molecule has 0 saturated carbocycles. The van der Waals surface area contributed by atoms with Gasteiger partial charge in [-0.15, -0.1) is 0 Å². The molecule has 1 unspecified atom stereocenters. The molecule has 0 radical (unpaired) electrons. The van der Waals surface area contributed by atoms with Gasteiger partial charge in [-0.1, -0.05) is 12.1 Å². The van der Waals surface area contributed by atoms with Crippen LogP contribution in [0.5, 0.6) is 0 Å². The Labute approximate surface area is 134 Å². The van der Waals surface area contributed by atoms with Gasteiger partial charge in [0.25, 0.3) is 0 Å². The lowest BCUT2D eigenvalue weighted by Crippen LogP contribution is -2.39. The minimum atomic E-state index is -3.09. The Hall–Kier alpha value is -2.40. The molecule has 1 aliphatic rings. The van der Waals surface area contributed by atoms with Crippen LogP contribution >= 0.6 is 0 Å². The molecule has 0 spiro atoms. The molecule has 1 aromatic rings. The van der Waals surface area contributed by atoms with Gasteiger partial charge in [-0.25, -0.2) is 8.42 Å². The zero-order valence-electron chi connectivity index (χ0n) is 12.7. The molecule has 122 valence electrons. The lowest BCUT2D eigenvalue weighted by molar-refractivity contribution is -0.134. The first-order chi connectivity index (χ1) is 10.8. The Morgan fingerprint density at radius 1 is 1.39 bits per heavy atom. The second kappa shape index (κ2) is 6.79. The molecule has 7 nitrogen and oxygen atoms in total. The average Bonchev–Trinajstić information content (AvgIpc) is 2.87. The maximum atomic E-state index is 12.1. The van der Waals surface area contributed by atoms with Gasteiger partial charge in [0.1, 0.15) is 12.5 Å². The van der Waals surface area contributed by atoms with Crippen LogP contribution < -0.4 is 5.32 Å². The number of rotatable bonds is 4. The van der Waals surface area contributed by atoms with Crippen molar-refractivity contribution in [2.45, 2.75) is 18.9 Å². The first-order valence-corrected chi connectivity index (χ1v) is 8.89. The van der Waals surface area contributed by atoms with Gasteiger partial charge in [0, 0.05) is 13.1 Å². The van der Waals surface area contributed by atoms with Crippen molar-refractivity contribution in [3.05, 3.63) is 29.8 Å². The zero-order valence-corrected chi connectivity index (χ0v) is 13.5. The number of nitrogens with zero attached hydrogens (tertiary/aromatic N) is 2. The Kier molecular flexibility index (Phi) is 5.01. The molecule has 1 saturated heterocycles. The van der Waals surface area contributed by atoms with Crippen LogP contribution in [0.15, 0.2) is 24.3 Å². The van der Waals surface area contributed by atoms with Crippen LogP contribution in [0, 0.1) is 11.3 Å². The van der Waals surface area contributed by atoms with Crippen LogP contribution in [-0.4, -0.2) is 49.7 Å². The summed E-state index contributed by atoms with van der Waals surface area (Å²) in [6.07, 6.45) is -0.00370. The largest absolute Gasteiger partial charge is 0.341 e. The summed E-state index contributed by atoms with van der Waals surface area (Å²) in [5.74, 6) is -0.977. The molecule has 1 atom stereocenters. The standard InChI is InChI=1S/C15H17N3O4S/c1-18(12-6-7-23(21,22)10-12)15(20)8-14(19)17-13-5-3-2-4-11(13)9-16/h2-5,12H,6-8,10H2,1H3,(H,17,19). The number of hydrogen-bond acceptors (Lipinski definition) is 5. The molecule has 1 aliphatic heterocycles. The second-order valence-electron chi connectivity index (χ2n) is 5.44. The monoisotopic (exact) mass is 335 g/mol. The van der Waals surface area contributed by atoms with E-state index in [1.165, 1.54) is 11.9 Å². The van der Waals surface area contributed by atoms with Gasteiger partial charge in [-0.05, 0) is 18.6 Å². The van der Waals surface area contributed by atoms with Crippen molar-refractivity contribution < 1.29 is 18.0 Å². The fourth-order valence-electron chi connectivity index (χ4n) is 2.43. The van der Waals surface area contributed by atoms with E-state index in [1.54, 1.807) is 24.3 Å². The summed E-state index contributed by atoms with van der Waals surface area (Å²) in [4.78, 5) is 25.4. The highest BCUT2D eigenvalue weighted by atomic mass is 32.2. The van der Waals surface area contributed by atoms with Crippen molar-refractivity contribution in [1.29, 1.82) is 5.26 Å². The third kappa shape index (κ3) is 4.29. The third-order valence-electron chi connectivity index (χ3n) is 3.78. The van der Waals surface area contributed by atoms with Crippen LogP contribution in [0.1, 0.15) is 18.4 Å². The van der Waals surface area contributed by atoms with E-state index in [2.05, 4.69) is 5.32 Å². The Morgan fingerprint density at radius 3 is 2.70 bits per heavy atom. The van der Waals surface area contributed by atoms with Gasteiger partial charge in [0.05, 0.1) is 22.8 Å². The third-order valence-corrected chi connectivity index (χ3v) is 5.53. The molecule has 2 rings (SSSR count). The molecule has 1 heterocycles. The fraction of sp³-hybridized carbons (Fsp3) is 0.400. The van der Waals surface area contributed by atoms with E-state index in [0.29, 0.717) is 17.7 Å². The van der Waals surface area contributed by atoms with E-state index in [-0.39, 0.29) is 17.5 Å². The number of nitrogens with one attached hydrogen (secondary N) is 1. The molecule has 0 bridgehead atoms. The van der Waals surface area contributed by atoms with Crippen LogP contribution in [0.25, 0.3) is 0 Å². The number of anilines is 1. The van der Waals surface area contributed by atoms with Gasteiger partial charge in [-0.2, -0.15) is 5.26 Å². The molecular weight excluding hydrogens is 318 g/mol. The number of sulfone groups is 1. The smallest absolute Gasteiger partial charge is 0.233 e. The van der Waals surface area contributed by atoms with E-state index in [9.17, 15) is 18.0 Å². The minimum absolute atomic E-state index is 0.0614. The van der Waals surface area contributed by atoms with Gasteiger partial charge in [0.15, 0.2) is 9.84 Å². The van der Waals surface area contributed by atoms with Crippen molar-refractivity contribution in [2.75, 3.05) is 23.9 Å². The highest BCUT2D eigenvalue weighted by Crippen LogP contribution is 2.18. The highest BCUT2D eigenvalue weighted by molar-refractivity contribution is 7.91. The summed E-state index contributed by atoms with van der Waals surface area (Å²) >= 11 is 0. The molecule has 0 aromatic heterocycles. The van der Waals surface area contributed by atoms with E-state index >= 15 is 0 Å². The van der Waals surface area contributed by atoms with Crippen LogP contribution in [-0.2, 0) is 19.4 Å². The number of benzene rings is 1. The van der Waals surface area contributed by atoms with Crippen LogP contribution in [0.4, 0.5) is 5.69 Å². The number of amides is 2. The van der Waals surface area contributed by atoms with Crippen LogP contribution in [0.2, 0.25) is 0 Å². The van der Waals surface area contributed by atoms with Gasteiger partial charge in [-0.3, -0.25) is 9.59 Å². The van der Waals surface area contributed by atoms with E-state index in [0.717, 1.165) is 0 Å². The minimum Gasteiger partial charge on any atom is -0.341 e. The summed E-state index contributed by atoms with van der Waals surface area (Å²) < 4.78 is 22.9. The summed E-state index contributed by atoms with van der Waals surface area (Å²) in [7, 11) is -1.59. The summed E-state index contributed by atoms with van der Waals surface area (Å²) in [5, 5.41) is 11.5. The molecule has 1 N–H and O–H groups in total. The maximum absolute atomic E-state index is 12.1. The van der Waals surface area contributed by atoms with E-state index < -0.39 is 28.1 Å². The fourth-order valence-corrected chi connectivity index (χ4v) is 4.20. The van der Waals surface area contributed by atoms with Gasteiger partial charge in [0.2, 0.25) is 11.8 Å². The summed E-state index contributed by atoms with van der Waals surface area (Å²) in [6, 6.07) is 8.06. The van der Waals surface area contributed by atoms with E-state index in [1.807, 2.05) is 6.07 Å². The number of nitriles is 1. The van der Waals surface area contributed by atoms with Crippen molar-refractivity contribution in [1.82, 2.24) is 4.90 Å². The lowest BCUT2D eigenvalue weighted by Gasteiger charge is -2.23. The van der Waals surface area contributed by atoms with Gasteiger partial charge >= 0.3 is 0 Å². The summed E-state index contributed by atoms with van der Waals surface area (Å²) in [5.41, 5.74) is 0.655. The average molecular weight is 335 g/mol. The number of carbonyl (C=O) groups is 2. The van der Waals surface area contributed by atoms with Crippen molar-refractivity contribution in [2.24, 2.45) is 0 Å². The van der Waals surface area contributed by atoms with E-state index in [4.69, 9.17) is 5.26 Å². The topological polar surface area (TPSA) is 107 Å². The predicted octanol–water partition coefficient (Wildman–Crippen LogP) is 0.532. The summed E-state index contributed by atoms with van der Waals surface area (Å²) in [6.45, 7) is 0. The van der Waals surface area contributed by atoms with Crippen molar-refractivity contribution in [3.63, 3.8) is 0 Å². The SMILES string of the molecule is CN(C(=O)CC(=O)Nc1ccccc1C#N)C1CCS(=O)(=O)C1. The maximum Gasteiger partial charge on any atom is 0.233 e. The molecule has 1 aromatic carbocycles. The number of para-hydroxylation sites is 1. The van der Waals surface area contributed by atoms with Gasteiger partial charge < -0.3 is 10.2 Å². The zero-order chi connectivity index (χ0) is 17.0. The normalized spacial score (nSPS) is 18.9. The van der Waals surface area contributed by atoms with Crippen molar-refractivity contribution in [3.8, 4) is 6.07 Å². The highest BCUT2D eigenvalue weighted by Gasteiger charge is 2.33. The first-order valence-electron chi connectivity index (χ1n) is 7.07. The molecule has 8 heteroatoms. The van der Waals surface area contributed by atoms with Crippen LogP contribution in [0.3, 0.4) is 0 Å². The molecule has 1 fully saturated rings. The molecule has 23 heavy (non-hydrogen) atoms.